The molecule has 3 heterocycles. The van der Waals surface area contributed by atoms with Crippen LogP contribution in [0.15, 0.2) is 47.8 Å². The van der Waals surface area contributed by atoms with Gasteiger partial charge in [-0.3, -0.25) is 19.2 Å². The molecule has 0 radical (unpaired) electrons. The standard InChI is InChI=1S/C27H35N5O4/c1-15(2)24(34)19-10-11-32(27(36)26(35)30-20-12-18(5)25(28)29-14-20)22(13-19)17(4)6-8-21-16(3)7-9-23(33)31-21/h6,8,12,14-15,19,22H,4,7,9-11,13H2,1-3,5H3,(H2,28,29)(H,30,35)(H,31,33)/b8-6-/t19-,22+/m1/s1. The van der Waals surface area contributed by atoms with Gasteiger partial charge in [-0.25, -0.2) is 4.98 Å². The minimum atomic E-state index is -0.797. The van der Waals surface area contributed by atoms with Gasteiger partial charge in [-0.1, -0.05) is 26.5 Å². The first kappa shape index (κ1) is 26.8. The topological polar surface area (TPSA) is 134 Å². The molecule has 0 aliphatic carbocycles. The van der Waals surface area contributed by atoms with Crippen molar-refractivity contribution < 1.29 is 19.2 Å². The van der Waals surface area contributed by atoms with Gasteiger partial charge >= 0.3 is 11.8 Å². The number of nitrogens with zero attached hydrogens (tertiary/aromatic N) is 2. The van der Waals surface area contributed by atoms with E-state index in [1.165, 1.54) is 11.1 Å². The van der Waals surface area contributed by atoms with Crippen LogP contribution < -0.4 is 16.4 Å². The van der Waals surface area contributed by atoms with E-state index in [1.54, 1.807) is 25.1 Å². The number of likely N-dealkylation sites (tertiary alicyclic amines) is 1. The molecule has 1 fully saturated rings. The number of nitrogens with one attached hydrogen (secondary N) is 2. The Balaban J connectivity index is 1.81. The number of anilines is 2. The Bertz CT molecular complexity index is 1150. The molecule has 192 valence electrons. The van der Waals surface area contributed by atoms with E-state index in [1.807, 2.05) is 20.8 Å². The first-order valence-corrected chi connectivity index (χ1v) is 12.2. The minimum Gasteiger partial charge on any atom is -0.383 e. The molecule has 4 N–H and O–H groups in total. The molecule has 0 aromatic carbocycles. The van der Waals surface area contributed by atoms with Gasteiger partial charge in [0.05, 0.1) is 17.9 Å². The monoisotopic (exact) mass is 493 g/mol. The summed E-state index contributed by atoms with van der Waals surface area (Å²) in [4.78, 5) is 56.1. The van der Waals surface area contributed by atoms with Crippen molar-refractivity contribution in [3.63, 3.8) is 0 Å². The summed E-state index contributed by atoms with van der Waals surface area (Å²) in [5.74, 6) is -1.43. The largest absolute Gasteiger partial charge is 0.383 e. The van der Waals surface area contributed by atoms with Crippen LogP contribution in [-0.4, -0.2) is 46.0 Å². The number of aryl methyl sites for hydroxylation is 1. The van der Waals surface area contributed by atoms with Gasteiger partial charge in [0.2, 0.25) is 5.91 Å². The second kappa shape index (κ2) is 11.3. The molecule has 3 amide bonds. The van der Waals surface area contributed by atoms with Crippen LogP contribution in [0.3, 0.4) is 0 Å². The predicted molar refractivity (Wildman–Crippen MR) is 138 cm³/mol. The first-order valence-electron chi connectivity index (χ1n) is 12.2. The lowest BCUT2D eigenvalue weighted by Gasteiger charge is -2.39. The number of carbonyl (C=O) groups is 4. The summed E-state index contributed by atoms with van der Waals surface area (Å²) < 4.78 is 0. The van der Waals surface area contributed by atoms with Crippen LogP contribution in [0.1, 0.15) is 52.0 Å². The maximum absolute atomic E-state index is 13.2. The molecule has 2 aliphatic heterocycles. The lowest BCUT2D eigenvalue weighted by molar-refractivity contribution is -0.146. The van der Waals surface area contributed by atoms with Gasteiger partial charge in [-0.15, -0.1) is 0 Å². The highest BCUT2D eigenvalue weighted by molar-refractivity contribution is 6.39. The third-order valence-corrected chi connectivity index (χ3v) is 6.76. The average molecular weight is 494 g/mol. The summed E-state index contributed by atoms with van der Waals surface area (Å²) in [5.41, 5.74) is 9.14. The number of hydrogen-bond donors (Lipinski definition) is 3. The molecule has 9 heteroatoms. The number of piperidine rings is 1. The minimum absolute atomic E-state index is 0.0491. The molecular weight excluding hydrogens is 458 g/mol. The molecule has 0 bridgehead atoms. The predicted octanol–water partition coefficient (Wildman–Crippen LogP) is 3.04. The molecule has 0 unspecified atom stereocenters. The maximum atomic E-state index is 13.2. The van der Waals surface area contributed by atoms with Crippen LogP contribution in [-0.2, 0) is 19.2 Å². The van der Waals surface area contributed by atoms with Crippen LogP contribution in [0.25, 0.3) is 0 Å². The normalized spacial score (nSPS) is 20.5. The molecule has 1 aromatic rings. The molecule has 0 saturated carbocycles. The molecule has 1 aromatic heterocycles. The summed E-state index contributed by atoms with van der Waals surface area (Å²) in [7, 11) is 0. The fraction of sp³-hybridized carbons (Fsp3) is 0.444. The fourth-order valence-electron chi connectivity index (χ4n) is 4.50. The summed E-state index contributed by atoms with van der Waals surface area (Å²) in [6, 6.07) is 1.11. The van der Waals surface area contributed by atoms with Crippen molar-refractivity contribution >= 4 is 35.0 Å². The highest BCUT2D eigenvalue weighted by Gasteiger charge is 2.38. The van der Waals surface area contributed by atoms with E-state index in [4.69, 9.17) is 5.73 Å². The smallest absolute Gasteiger partial charge is 0.313 e. The van der Waals surface area contributed by atoms with Gasteiger partial charge in [0.1, 0.15) is 11.6 Å². The number of allylic oxidation sites excluding steroid dienone is 2. The fourth-order valence-corrected chi connectivity index (χ4v) is 4.50. The molecule has 1 saturated heterocycles. The number of pyridine rings is 1. The number of Topliss-reactive ketones (excluding diaryl/α,β-unsaturated/α-hetero) is 1. The van der Waals surface area contributed by atoms with E-state index in [9.17, 15) is 19.2 Å². The summed E-state index contributed by atoms with van der Waals surface area (Å²) in [5, 5.41) is 5.45. The van der Waals surface area contributed by atoms with Gasteiger partial charge < -0.3 is 21.3 Å². The summed E-state index contributed by atoms with van der Waals surface area (Å²) >= 11 is 0. The lowest BCUT2D eigenvalue weighted by Crippen LogP contribution is -2.51. The Kier molecular flexibility index (Phi) is 8.45. The average Bonchev–Trinajstić information content (AvgIpc) is 2.85. The number of rotatable bonds is 6. The van der Waals surface area contributed by atoms with Crippen molar-refractivity contribution in [1.82, 2.24) is 15.2 Å². The van der Waals surface area contributed by atoms with E-state index in [0.29, 0.717) is 54.0 Å². The molecule has 2 aliphatic rings. The highest BCUT2D eigenvalue weighted by Crippen LogP contribution is 2.30. The van der Waals surface area contributed by atoms with E-state index in [0.717, 1.165) is 5.57 Å². The van der Waals surface area contributed by atoms with Gasteiger partial charge in [-0.05, 0) is 62.0 Å². The van der Waals surface area contributed by atoms with Crippen molar-refractivity contribution in [2.24, 2.45) is 11.8 Å². The van der Waals surface area contributed by atoms with Crippen LogP contribution in [0.4, 0.5) is 11.5 Å². The molecule has 9 nitrogen and oxygen atoms in total. The maximum Gasteiger partial charge on any atom is 0.313 e. The first-order chi connectivity index (χ1) is 17.0. The summed E-state index contributed by atoms with van der Waals surface area (Å²) in [6.07, 6.45) is 6.91. The van der Waals surface area contributed by atoms with Crippen molar-refractivity contribution in [3.05, 3.63) is 53.4 Å². The molecule has 3 rings (SSSR count). The van der Waals surface area contributed by atoms with E-state index in [-0.39, 0.29) is 30.1 Å². The Morgan fingerprint density at radius 2 is 2.00 bits per heavy atom. The van der Waals surface area contributed by atoms with Crippen molar-refractivity contribution in [3.8, 4) is 0 Å². The molecule has 36 heavy (non-hydrogen) atoms. The van der Waals surface area contributed by atoms with Gasteiger partial charge in [-0.2, -0.15) is 0 Å². The second-order valence-electron chi connectivity index (χ2n) is 9.82. The second-order valence-corrected chi connectivity index (χ2v) is 9.82. The molecule has 2 atom stereocenters. The van der Waals surface area contributed by atoms with Gasteiger partial charge in [0, 0.05) is 30.5 Å². The van der Waals surface area contributed by atoms with Crippen LogP contribution in [0.5, 0.6) is 0 Å². The SMILES string of the molecule is C=C(/C=C\C1=C(C)CCC(=O)N1)[C@@H]1C[C@H](C(=O)C(C)C)CCN1C(=O)C(=O)Nc1cnc(N)c(C)c1. The zero-order valence-corrected chi connectivity index (χ0v) is 21.4. The third-order valence-electron chi connectivity index (χ3n) is 6.76. The third kappa shape index (κ3) is 6.27. The van der Waals surface area contributed by atoms with Gasteiger partial charge in [0.15, 0.2) is 0 Å². The zero-order chi connectivity index (χ0) is 26.6. The van der Waals surface area contributed by atoms with Gasteiger partial charge in [0.25, 0.3) is 0 Å². The Morgan fingerprint density at radius 3 is 2.67 bits per heavy atom. The molecular formula is C27H35N5O4. The molecule has 0 spiro atoms. The number of carbonyl (C=O) groups excluding carboxylic acids is 4. The van der Waals surface area contributed by atoms with Crippen LogP contribution in [0, 0.1) is 18.8 Å². The van der Waals surface area contributed by atoms with Crippen molar-refractivity contribution in [2.45, 2.75) is 59.4 Å². The highest BCUT2D eigenvalue weighted by atomic mass is 16.2. The number of hydrogen-bond acceptors (Lipinski definition) is 6. The quantitative estimate of drug-likeness (QED) is 0.412. The van der Waals surface area contributed by atoms with Crippen molar-refractivity contribution in [2.75, 3.05) is 17.6 Å². The number of ketones is 1. The summed E-state index contributed by atoms with van der Waals surface area (Å²) in [6.45, 7) is 11.8. The number of amides is 3. The van der Waals surface area contributed by atoms with E-state index < -0.39 is 17.9 Å². The number of nitrogen functional groups attached to an aromatic ring is 1. The van der Waals surface area contributed by atoms with Crippen molar-refractivity contribution in [1.29, 1.82) is 0 Å². The van der Waals surface area contributed by atoms with Crippen LogP contribution in [0.2, 0.25) is 0 Å². The Morgan fingerprint density at radius 1 is 1.28 bits per heavy atom. The Hall–Kier alpha value is -3.75. The zero-order valence-electron chi connectivity index (χ0n) is 21.4. The Labute approximate surface area is 211 Å². The van der Waals surface area contributed by atoms with E-state index >= 15 is 0 Å². The number of aromatic nitrogens is 1. The number of nitrogens with two attached hydrogens (primary N) is 1. The lowest BCUT2D eigenvalue weighted by atomic mass is 9.81. The van der Waals surface area contributed by atoms with Crippen LogP contribution >= 0.6 is 0 Å². The van der Waals surface area contributed by atoms with E-state index in [2.05, 4.69) is 22.2 Å².